The fourth-order valence-corrected chi connectivity index (χ4v) is 2.81. The number of aliphatic hydroxyl groups is 1. The summed E-state index contributed by atoms with van der Waals surface area (Å²) in [4.78, 5) is 27.7. The summed E-state index contributed by atoms with van der Waals surface area (Å²) < 4.78 is 0. The molecule has 0 radical (unpaired) electrons. The van der Waals surface area contributed by atoms with Crippen molar-refractivity contribution in [2.75, 3.05) is 38.1 Å². The fourth-order valence-electron chi connectivity index (χ4n) is 2.81. The van der Waals surface area contributed by atoms with Gasteiger partial charge < -0.3 is 15.3 Å². The van der Waals surface area contributed by atoms with E-state index in [-0.39, 0.29) is 24.5 Å². The maximum absolute atomic E-state index is 12.3. The summed E-state index contributed by atoms with van der Waals surface area (Å²) >= 11 is 0. The number of rotatable bonds is 5. The zero-order chi connectivity index (χ0) is 16.8. The number of Topliss-reactive ketones (excluding diaryl/α,β-unsaturated/α-hetero) is 1. The normalized spacial score (nSPS) is 16.9. The molecule has 1 aliphatic rings. The minimum absolute atomic E-state index is 0.0238. The lowest BCUT2D eigenvalue weighted by Crippen LogP contribution is -2.53. The number of nitrogens with one attached hydrogen (secondary N) is 1. The molecule has 1 atom stereocenters. The van der Waals surface area contributed by atoms with Crippen LogP contribution in [0.4, 0.5) is 10.5 Å². The standard InChI is InChI=1S/C17H25N3O3/c1-3-16(12-21)19-7-9-20(10-8-19)17(23)18-15-6-4-5-14(11-15)13(2)22/h4-6,11,16,21H,3,7-10,12H2,1-2H3,(H,18,23)/t16-/m0/s1. The van der Waals surface area contributed by atoms with E-state index in [1.165, 1.54) is 6.92 Å². The summed E-state index contributed by atoms with van der Waals surface area (Å²) in [5, 5.41) is 12.2. The van der Waals surface area contributed by atoms with Crippen LogP contribution < -0.4 is 5.32 Å². The highest BCUT2D eigenvalue weighted by atomic mass is 16.3. The number of hydrogen-bond donors (Lipinski definition) is 2. The number of aliphatic hydroxyl groups excluding tert-OH is 1. The predicted octanol–water partition coefficient (Wildman–Crippen LogP) is 1.81. The first-order valence-corrected chi connectivity index (χ1v) is 8.07. The van der Waals surface area contributed by atoms with Crippen LogP contribution in [0.3, 0.4) is 0 Å². The van der Waals surface area contributed by atoms with Crippen molar-refractivity contribution in [2.45, 2.75) is 26.3 Å². The maximum Gasteiger partial charge on any atom is 0.321 e. The molecule has 0 aromatic heterocycles. The lowest BCUT2D eigenvalue weighted by atomic mass is 10.1. The van der Waals surface area contributed by atoms with Gasteiger partial charge in [-0.25, -0.2) is 4.79 Å². The van der Waals surface area contributed by atoms with Crippen LogP contribution >= 0.6 is 0 Å². The molecule has 0 saturated carbocycles. The van der Waals surface area contributed by atoms with Crippen molar-refractivity contribution in [3.8, 4) is 0 Å². The van der Waals surface area contributed by atoms with Crippen molar-refractivity contribution < 1.29 is 14.7 Å². The maximum atomic E-state index is 12.3. The number of ketones is 1. The summed E-state index contributed by atoms with van der Waals surface area (Å²) in [7, 11) is 0. The Morgan fingerprint density at radius 1 is 1.26 bits per heavy atom. The van der Waals surface area contributed by atoms with Crippen molar-refractivity contribution in [3.05, 3.63) is 29.8 Å². The SMILES string of the molecule is CC[C@@H](CO)N1CCN(C(=O)Nc2cccc(C(C)=O)c2)CC1. The molecule has 1 aromatic carbocycles. The Morgan fingerprint density at radius 2 is 1.96 bits per heavy atom. The molecule has 1 saturated heterocycles. The van der Waals surface area contributed by atoms with Crippen molar-refractivity contribution in [1.82, 2.24) is 9.80 Å². The molecule has 1 heterocycles. The molecule has 0 spiro atoms. The molecule has 1 aliphatic heterocycles. The van der Waals surface area contributed by atoms with Crippen LogP contribution in [-0.4, -0.2) is 65.5 Å². The number of carbonyl (C=O) groups excluding carboxylic acids is 2. The lowest BCUT2D eigenvalue weighted by molar-refractivity contribution is 0.0766. The van der Waals surface area contributed by atoms with Crippen molar-refractivity contribution >= 4 is 17.5 Å². The van der Waals surface area contributed by atoms with E-state index in [9.17, 15) is 14.7 Å². The second-order valence-corrected chi connectivity index (χ2v) is 5.83. The molecular formula is C17H25N3O3. The third-order valence-electron chi connectivity index (χ3n) is 4.32. The molecule has 1 aromatic rings. The smallest absolute Gasteiger partial charge is 0.321 e. The second-order valence-electron chi connectivity index (χ2n) is 5.83. The highest BCUT2D eigenvalue weighted by molar-refractivity contribution is 5.96. The van der Waals surface area contributed by atoms with Gasteiger partial charge in [-0.1, -0.05) is 19.1 Å². The zero-order valence-electron chi connectivity index (χ0n) is 13.8. The van der Waals surface area contributed by atoms with Crippen molar-refractivity contribution in [1.29, 1.82) is 0 Å². The van der Waals surface area contributed by atoms with Crippen LogP contribution in [0.5, 0.6) is 0 Å². The summed E-state index contributed by atoms with van der Waals surface area (Å²) in [6, 6.07) is 6.98. The second kappa shape index (κ2) is 8.08. The van der Waals surface area contributed by atoms with Gasteiger partial charge in [-0.2, -0.15) is 0 Å². The zero-order valence-corrected chi connectivity index (χ0v) is 13.8. The quantitative estimate of drug-likeness (QED) is 0.812. The lowest BCUT2D eigenvalue weighted by Gasteiger charge is -2.38. The van der Waals surface area contributed by atoms with E-state index in [0.717, 1.165) is 19.5 Å². The minimum Gasteiger partial charge on any atom is -0.395 e. The van der Waals surface area contributed by atoms with Crippen LogP contribution in [0.1, 0.15) is 30.6 Å². The van der Waals surface area contributed by atoms with E-state index in [4.69, 9.17) is 0 Å². The van der Waals surface area contributed by atoms with Crippen LogP contribution in [0.25, 0.3) is 0 Å². The summed E-state index contributed by atoms with van der Waals surface area (Å²) in [5.41, 5.74) is 1.22. The van der Waals surface area contributed by atoms with E-state index in [2.05, 4.69) is 17.1 Å². The van der Waals surface area contributed by atoms with E-state index in [0.29, 0.717) is 24.3 Å². The minimum atomic E-state index is -0.151. The van der Waals surface area contributed by atoms with Crippen LogP contribution in [0.15, 0.2) is 24.3 Å². The Kier molecular flexibility index (Phi) is 6.12. The van der Waals surface area contributed by atoms with Crippen LogP contribution in [0, 0.1) is 0 Å². The monoisotopic (exact) mass is 319 g/mol. The van der Waals surface area contributed by atoms with E-state index >= 15 is 0 Å². The van der Waals surface area contributed by atoms with Gasteiger partial charge in [0.05, 0.1) is 6.61 Å². The average Bonchev–Trinajstić information content (AvgIpc) is 2.56. The van der Waals surface area contributed by atoms with Crippen molar-refractivity contribution in [3.63, 3.8) is 0 Å². The molecule has 2 amide bonds. The molecule has 0 bridgehead atoms. The van der Waals surface area contributed by atoms with Gasteiger partial charge in [0.1, 0.15) is 0 Å². The fraction of sp³-hybridized carbons (Fsp3) is 0.529. The van der Waals surface area contributed by atoms with Gasteiger partial charge in [0, 0.05) is 43.5 Å². The van der Waals surface area contributed by atoms with Gasteiger partial charge in [0.15, 0.2) is 5.78 Å². The molecule has 126 valence electrons. The summed E-state index contributed by atoms with van der Waals surface area (Å²) in [6.07, 6.45) is 0.903. The third kappa shape index (κ3) is 4.53. The van der Waals surface area contributed by atoms with Gasteiger partial charge in [-0.15, -0.1) is 0 Å². The van der Waals surface area contributed by atoms with Crippen LogP contribution in [0.2, 0.25) is 0 Å². The number of amides is 2. The van der Waals surface area contributed by atoms with E-state index in [1.807, 2.05) is 0 Å². The first-order chi connectivity index (χ1) is 11.0. The van der Waals surface area contributed by atoms with Crippen molar-refractivity contribution in [2.24, 2.45) is 0 Å². The molecule has 0 aliphatic carbocycles. The first-order valence-electron chi connectivity index (χ1n) is 8.07. The highest BCUT2D eigenvalue weighted by Gasteiger charge is 2.24. The number of piperazine rings is 1. The van der Waals surface area contributed by atoms with Gasteiger partial charge in [0.2, 0.25) is 0 Å². The van der Waals surface area contributed by atoms with E-state index in [1.54, 1.807) is 29.2 Å². The Labute approximate surface area is 137 Å². The molecule has 6 nitrogen and oxygen atoms in total. The van der Waals surface area contributed by atoms with E-state index < -0.39 is 0 Å². The number of benzene rings is 1. The molecule has 1 fully saturated rings. The highest BCUT2D eigenvalue weighted by Crippen LogP contribution is 2.14. The Hall–Kier alpha value is -1.92. The van der Waals surface area contributed by atoms with Gasteiger partial charge in [0.25, 0.3) is 0 Å². The third-order valence-corrected chi connectivity index (χ3v) is 4.32. The Morgan fingerprint density at radius 3 is 2.52 bits per heavy atom. The number of anilines is 1. The number of carbonyl (C=O) groups is 2. The van der Waals surface area contributed by atoms with Gasteiger partial charge in [-0.05, 0) is 25.5 Å². The first kappa shape index (κ1) is 17.4. The molecule has 6 heteroatoms. The largest absolute Gasteiger partial charge is 0.395 e. The predicted molar refractivity (Wildman–Crippen MR) is 89.8 cm³/mol. The molecule has 23 heavy (non-hydrogen) atoms. The molecular weight excluding hydrogens is 294 g/mol. The summed E-state index contributed by atoms with van der Waals surface area (Å²) in [6.45, 7) is 6.51. The molecule has 2 N–H and O–H groups in total. The number of nitrogens with zero attached hydrogens (tertiary/aromatic N) is 2. The van der Waals surface area contributed by atoms with Gasteiger partial charge in [-0.3, -0.25) is 9.69 Å². The van der Waals surface area contributed by atoms with Crippen LogP contribution in [-0.2, 0) is 0 Å². The average molecular weight is 319 g/mol. The Bertz CT molecular complexity index is 550. The van der Waals surface area contributed by atoms with Gasteiger partial charge >= 0.3 is 6.03 Å². The summed E-state index contributed by atoms with van der Waals surface area (Å²) in [5.74, 6) is -0.0238. The number of hydrogen-bond acceptors (Lipinski definition) is 4. The molecule has 0 unspecified atom stereocenters. The molecule has 2 rings (SSSR count). The Balaban J connectivity index is 1.90. The number of urea groups is 1. The topological polar surface area (TPSA) is 72.9 Å².